The molecule has 70 heavy (non-hydrogen) atoms. The SMILES string of the molecule is [2H]c1c([2H])c([2H])c(-c2c(C)c(C)c(C)c(-c3c([2H])c([2H])c([2H])c([2H])c3[2H])c2-n2[c](=[Pt])n(-c3cccc(Oc4ccc5c6cc7c(cc6n(-c6cc(C(C)(C)C)ccn6)c5c4)C(C)(C)C(C)(C)C7(C)C)c3)c3ccccc32)c([2H])c1[2H]. The molecule has 3 heterocycles. The molecule has 10 aromatic rings. The number of aromatic nitrogens is 4. The summed E-state index contributed by atoms with van der Waals surface area (Å²) < 4.78 is 103. The van der Waals surface area contributed by atoms with Crippen LogP contribution < -0.4 is 4.74 Å². The average molecular weight is 1110 g/mol. The molecule has 7 aromatic carbocycles. The van der Waals surface area contributed by atoms with Crippen molar-refractivity contribution in [2.75, 3.05) is 0 Å². The fraction of sp³-hybridized carbons (Fsp3) is 0.250. The summed E-state index contributed by atoms with van der Waals surface area (Å²) in [7, 11) is 0. The fourth-order valence-corrected chi connectivity index (χ4v) is 12.1. The van der Waals surface area contributed by atoms with Gasteiger partial charge in [-0.05, 0) is 44.4 Å². The van der Waals surface area contributed by atoms with E-state index in [9.17, 15) is 5.48 Å². The van der Waals surface area contributed by atoms with Crippen molar-refractivity contribution in [2.45, 2.75) is 99.3 Å². The van der Waals surface area contributed by atoms with Gasteiger partial charge in [-0.25, -0.2) is 0 Å². The maximum absolute atomic E-state index is 9.34. The monoisotopic (exact) mass is 1110 g/mol. The third-order valence-electron chi connectivity index (χ3n) is 16.3. The van der Waals surface area contributed by atoms with E-state index < -0.39 is 60.4 Å². The van der Waals surface area contributed by atoms with Crippen LogP contribution in [0.5, 0.6) is 11.5 Å². The maximum atomic E-state index is 9.34. The number of benzene rings is 7. The van der Waals surface area contributed by atoms with Crippen molar-refractivity contribution >= 4 is 32.8 Å². The summed E-state index contributed by atoms with van der Waals surface area (Å²) in [5, 5.41) is 2.22. The van der Waals surface area contributed by atoms with Crippen LogP contribution in [-0.4, -0.2) is 18.7 Å². The number of ether oxygens (including phenoxy) is 1. The molecular weight excluding hydrogens is 1040 g/mol. The van der Waals surface area contributed by atoms with E-state index in [0.29, 0.717) is 48.9 Å². The first kappa shape index (κ1) is 35.5. The predicted octanol–water partition coefficient (Wildman–Crippen LogP) is 16.9. The molecule has 6 heteroatoms. The van der Waals surface area contributed by atoms with E-state index in [1.807, 2.05) is 90.7 Å². The van der Waals surface area contributed by atoms with Gasteiger partial charge in [0.1, 0.15) is 0 Å². The molecule has 0 saturated carbocycles. The number of rotatable bonds is 7. The summed E-state index contributed by atoms with van der Waals surface area (Å²) in [6.45, 7) is 26.3. The zero-order valence-corrected chi connectivity index (χ0v) is 44.0. The minimum absolute atomic E-state index is 0.0278. The van der Waals surface area contributed by atoms with E-state index in [2.05, 4.69) is 123 Å². The molecule has 0 aliphatic heterocycles. The molecule has 0 unspecified atom stereocenters. The summed E-state index contributed by atoms with van der Waals surface area (Å²) in [5.74, 6) is 1.97. The van der Waals surface area contributed by atoms with Crippen molar-refractivity contribution in [3.8, 4) is 50.9 Å². The number of hydrogen-bond acceptors (Lipinski definition) is 2. The number of fused-ring (bicyclic) bond motifs is 5. The summed E-state index contributed by atoms with van der Waals surface area (Å²) in [5.41, 5.74) is 10.1. The summed E-state index contributed by atoms with van der Waals surface area (Å²) in [4.78, 5) is 5.03. The molecule has 0 N–H and O–H groups in total. The first-order chi connectivity index (χ1) is 37.4. The van der Waals surface area contributed by atoms with Crippen LogP contribution in [0.15, 0.2) is 158 Å². The van der Waals surface area contributed by atoms with E-state index >= 15 is 0 Å². The summed E-state index contributed by atoms with van der Waals surface area (Å²) in [6.07, 6.45) is 1.90. The number of pyridine rings is 1. The molecule has 0 bridgehead atoms. The van der Waals surface area contributed by atoms with Gasteiger partial charge >= 0.3 is 327 Å². The zero-order chi connectivity index (χ0) is 57.9. The van der Waals surface area contributed by atoms with E-state index in [1.165, 1.54) is 16.7 Å². The molecule has 0 spiro atoms. The third kappa shape index (κ3) is 6.82. The van der Waals surface area contributed by atoms with Crippen LogP contribution in [0.2, 0.25) is 0 Å². The Morgan fingerprint density at radius 1 is 0.557 bits per heavy atom. The molecular formula is C64H62N4OPt. The Kier molecular flexibility index (Phi) is 8.25. The Hall–Kier alpha value is -6.55. The number of nitrogens with zero attached hydrogens (tertiary/aromatic N) is 4. The standard InChI is InChI=1S/C64H62N4O.Pt/c1-40-41(2)58(43-22-15-13-16-23-43)60(59(42(40)3)44-24-17-14-18-25-44)67-39-66(53-28-19-20-29-54(53)67)46-26-21-27-47(35-46)69-48-30-31-49-50-37-51-52(63(9,10)64(11,12)62(51,7)8)38-56(50)68(55(49)36-48)57-34-45(32-33-65-57)61(4,5)6;/h13-38H,1-12H3;/i13D,14D,15D,16D,17D,18D,22D,23D,24D,25D;. The Balaban J connectivity index is 1.14. The number of para-hydroxylation sites is 2. The molecule has 0 fully saturated rings. The second kappa shape index (κ2) is 16.3. The van der Waals surface area contributed by atoms with Gasteiger partial charge in [-0.2, -0.15) is 0 Å². The number of imidazole rings is 1. The molecule has 0 radical (unpaired) electrons. The van der Waals surface area contributed by atoms with Crippen LogP contribution in [0, 0.1) is 30.0 Å². The van der Waals surface area contributed by atoms with Gasteiger partial charge in [-0.15, -0.1) is 0 Å². The van der Waals surface area contributed by atoms with Crippen LogP contribution in [0.4, 0.5) is 0 Å². The molecule has 0 saturated heterocycles. The normalized spacial score (nSPS) is 17.0. The van der Waals surface area contributed by atoms with E-state index in [0.717, 1.165) is 33.1 Å². The summed E-state index contributed by atoms with van der Waals surface area (Å²) >= 11 is 2.22. The van der Waals surface area contributed by atoms with Crippen molar-refractivity contribution in [1.29, 1.82) is 0 Å². The first-order valence-corrected chi connectivity index (χ1v) is 24.9. The van der Waals surface area contributed by atoms with Gasteiger partial charge in [-0.3, -0.25) is 0 Å². The second-order valence-electron chi connectivity index (χ2n) is 21.4. The summed E-state index contributed by atoms with van der Waals surface area (Å²) in [6, 6.07) is 25.8. The molecule has 1 aliphatic carbocycles. The second-order valence-corrected chi connectivity index (χ2v) is 22.4. The van der Waals surface area contributed by atoms with Crippen LogP contribution in [0.3, 0.4) is 0 Å². The van der Waals surface area contributed by atoms with Crippen LogP contribution in [0.25, 0.3) is 72.3 Å². The molecule has 3 aromatic heterocycles. The van der Waals surface area contributed by atoms with E-state index in [1.54, 1.807) is 0 Å². The molecule has 0 amide bonds. The quantitative estimate of drug-likeness (QED) is 0.159. The van der Waals surface area contributed by atoms with Gasteiger partial charge < -0.3 is 0 Å². The van der Waals surface area contributed by atoms with Crippen molar-refractivity contribution in [3.05, 3.63) is 195 Å². The Bertz CT molecular complexity index is 4270. The van der Waals surface area contributed by atoms with Gasteiger partial charge in [0.05, 0.1) is 0 Å². The van der Waals surface area contributed by atoms with Crippen molar-refractivity contribution in [1.82, 2.24) is 18.7 Å². The van der Waals surface area contributed by atoms with E-state index in [4.69, 9.17) is 17.9 Å². The third-order valence-corrected chi connectivity index (χ3v) is 17.3. The Morgan fingerprint density at radius 2 is 1.13 bits per heavy atom. The molecule has 5 nitrogen and oxygen atoms in total. The number of hydrogen-bond donors (Lipinski definition) is 0. The Morgan fingerprint density at radius 3 is 1.74 bits per heavy atom. The van der Waals surface area contributed by atoms with E-state index in [-0.39, 0.29) is 43.9 Å². The molecule has 0 atom stereocenters. The fourth-order valence-electron chi connectivity index (χ4n) is 11.0. The van der Waals surface area contributed by atoms with Crippen LogP contribution >= 0.6 is 0 Å². The first-order valence-electron chi connectivity index (χ1n) is 28.8. The van der Waals surface area contributed by atoms with Crippen molar-refractivity contribution < 1.29 is 37.8 Å². The van der Waals surface area contributed by atoms with Gasteiger partial charge in [0.2, 0.25) is 0 Å². The zero-order valence-electron chi connectivity index (χ0n) is 51.8. The van der Waals surface area contributed by atoms with Crippen LogP contribution in [0.1, 0.15) is 109 Å². The van der Waals surface area contributed by atoms with Gasteiger partial charge in [0.25, 0.3) is 0 Å². The average Bonchev–Trinajstić information content (AvgIpc) is 4.11. The van der Waals surface area contributed by atoms with Gasteiger partial charge in [0.15, 0.2) is 0 Å². The molecule has 11 rings (SSSR count). The minimum atomic E-state index is -0.552. The molecule has 354 valence electrons. The predicted molar refractivity (Wildman–Crippen MR) is 288 cm³/mol. The van der Waals surface area contributed by atoms with Crippen LogP contribution in [-0.2, 0) is 35.6 Å². The van der Waals surface area contributed by atoms with Gasteiger partial charge in [-0.1, -0.05) is 62.3 Å². The van der Waals surface area contributed by atoms with Crippen molar-refractivity contribution in [2.24, 2.45) is 5.41 Å². The topological polar surface area (TPSA) is 36.9 Å². The van der Waals surface area contributed by atoms with Crippen molar-refractivity contribution in [3.63, 3.8) is 0 Å². The Labute approximate surface area is 437 Å². The molecule has 1 aliphatic rings. The van der Waals surface area contributed by atoms with Gasteiger partial charge in [0, 0.05) is 6.20 Å².